The molecule has 0 aliphatic carbocycles. The molecule has 0 spiro atoms. The Morgan fingerprint density at radius 1 is 1.30 bits per heavy atom. The zero-order chi connectivity index (χ0) is 16.2. The summed E-state index contributed by atoms with van der Waals surface area (Å²) in [6, 6.07) is 9.75. The van der Waals surface area contributed by atoms with Crippen molar-refractivity contribution in [3.05, 3.63) is 52.5 Å². The summed E-state index contributed by atoms with van der Waals surface area (Å²) in [5.41, 5.74) is 1.99. The van der Waals surface area contributed by atoms with Gasteiger partial charge in [-0.15, -0.1) is 0 Å². The molecule has 3 rings (SSSR count). The molecule has 0 saturated heterocycles. The van der Waals surface area contributed by atoms with Crippen molar-refractivity contribution in [1.82, 2.24) is 9.88 Å². The molecule has 1 aliphatic heterocycles. The highest BCUT2D eigenvalue weighted by Crippen LogP contribution is 2.28. The van der Waals surface area contributed by atoms with Gasteiger partial charge in [-0.2, -0.15) is 0 Å². The second kappa shape index (κ2) is 6.75. The Hall–Kier alpha value is -2.47. The fourth-order valence-electron chi connectivity index (χ4n) is 2.42. The molecule has 5 nitrogen and oxygen atoms in total. The lowest BCUT2D eigenvalue weighted by atomic mass is 10.1. The maximum atomic E-state index is 12.3. The van der Waals surface area contributed by atoms with E-state index in [0.29, 0.717) is 18.2 Å². The highest BCUT2D eigenvalue weighted by Gasteiger charge is 2.23. The standard InChI is InChI=1S/C17H17N3O2S/c1-12(21)18-17-19-14-9-10-20(11-15(14)23-17)16(22)8-7-13-5-3-2-4-6-13/h2-8H,9-11H2,1H3,(H,18,19,21)/b8-7+. The number of fused-ring (bicyclic) bond motifs is 1. The van der Waals surface area contributed by atoms with Crippen LogP contribution in [0, 0.1) is 0 Å². The number of carbonyl (C=O) groups is 2. The van der Waals surface area contributed by atoms with Crippen LogP contribution in [-0.4, -0.2) is 28.2 Å². The lowest BCUT2D eigenvalue weighted by molar-refractivity contribution is -0.126. The molecule has 0 fully saturated rings. The molecule has 1 aromatic carbocycles. The third-order valence-corrected chi connectivity index (χ3v) is 4.54. The number of hydrogen-bond acceptors (Lipinski definition) is 4. The fraction of sp³-hybridized carbons (Fsp3) is 0.235. The van der Waals surface area contributed by atoms with E-state index in [1.807, 2.05) is 36.4 Å². The minimum absolute atomic E-state index is 0.00557. The van der Waals surface area contributed by atoms with Crippen molar-refractivity contribution in [2.45, 2.75) is 19.9 Å². The van der Waals surface area contributed by atoms with E-state index in [4.69, 9.17) is 0 Å². The first kappa shape index (κ1) is 15.4. The summed E-state index contributed by atoms with van der Waals surface area (Å²) < 4.78 is 0. The molecule has 23 heavy (non-hydrogen) atoms. The van der Waals surface area contributed by atoms with Crippen LogP contribution < -0.4 is 5.32 Å². The van der Waals surface area contributed by atoms with Crippen LogP contribution in [0.15, 0.2) is 36.4 Å². The third-order valence-electron chi connectivity index (χ3n) is 3.54. The lowest BCUT2D eigenvalue weighted by Crippen LogP contribution is -2.34. The van der Waals surface area contributed by atoms with Crippen LogP contribution in [0.3, 0.4) is 0 Å². The summed E-state index contributed by atoms with van der Waals surface area (Å²) in [4.78, 5) is 30.7. The molecule has 2 heterocycles. The topological polar surface area (TPSA) is 62.3 Å². The van der Waals surface area contributed by atoms with E-state index in [1.54, 1.807) is 11.0 Å². The molecular formula is C17H17N3O2S. The van der Waals surface area contributed by atoms with Crippen molar-refractivity contribution in [1.29, 1.82) is 0 Å². The van der Waals surface area contributed by atoms with Crippen molar-refractivity contribution >= 4 is 34.4 Å². The quantitative estimate of drug-likeness (QED) is 0.882. The lowest BCUT2D eigenvalue weighted by Gasteiger charge is -2.24. The molecule has 0 radical (unpaired) electrons. The minimum atomic E-state index is -0.130. The molecule has 118 valence electrons. The Bertz CT molecular complexity index is 752. The summed E-state index contributed by atoms with van der Waals surface area (Å²) in [6.07, 6.45) is 4.15. The monoisotopic (exact) mass is 327 g/mol. The van der Waals surface area contributed by atoms with Crippen LogP contribution in [0.2, 0.25) is 0 Å². The maximum Gasteiger partial charge on any atom is 0.246 e. The average Bonchev–Trinajstić information content (AvgIpc) is 2.94. The predicted octanol–water partition coefficient (Wildman–Crippen LogP) is 2.70. The number of carbonyl (C=O) groups excluding carboxylic acids is 2. The average molecular weight is 327 g/mol. The van der Waals surface area contributed by atoms with Crippen LogP contribution in [0.4, 0.5) is 5.13 Å². The highest BCUT2D eigenvalue weighted by molar-refractivity contribution is 7.15. The molecule has 0 unspecified atom stereocenters. The van der Waals surface area contributed by atoms with Crippen LogP contribution in [0.5, 0.6) is 0 Å². The number of aromatic nitrogens is 1. The second-order valence-corrected chi connectivity index (χ2v) is 6.41. The van der Waals surface area contributed by atoms with Gasteiger partial charge in [-0.05, 0) is 11.6 Å². The molecule has 0 bridgehead atoms. The Kier molecular flexibility index (Phi) is 4.52. The Morgan fingerprint density at radius 2 is 2.09 bits per heavy atom. The largest absolute Gasteiger partial charge is 0.334 e. The number of rotatable bonds is 3. The zero-order valence-corrected chi connectivity index (χ0v) is 13.6. The van der Waals surface area contributed by atoms with Crippen LogP contribution in [-0.2, 0) is 22.6 Å². The number of nitrogens with one attached hydrogen (secondary N) is 1. The molecule has 0 atom stereocenters. The van der Waals surface area contributed by atoms with Crippen molar-refractivity contribution in [3.8, 4) is 0 Å². The van der Waals surface area contributed by atoms with Gasteiger partial charge < -0.3 is 10.2 Å². The van der Waals surface area contributed by atoms with Crippen molar-refractivity contribution in [3.63, 3.8) is 0 Å². The van der Waals surface area contributed by atoms with Crippen molar-refractivity contribution < 1.29 is 9.59 Å². The molecule has 2 aromatic rings. The number of thiazole rings is 1. The van der Waals surface area contributed by atoms with Gasteiger partial charge in [0.25, 0.3) is 0 Å². The molecule has 2 amide bonds. The molecule has 6 heteroatoms. The summed E-state index contributed by atoms with van der Waals surface area (Å²) in [7, 11) is 0. The first-order valence-electron chi connectivity index (χ1n) is 7.40. The highest BCUT2D eigenvalue weighted by atomic mass is 32.1. The maximum absolute atomic E-state index is 12.3. The summed E-state index contributed by atoms with van der Waals surface area (Å²) >= 11 is 1.44. The fourth-order valence-corrected chi connectivity index (χ4v) is 3.49. The Morgan fingerprint density at radius 3 is 2.83 bits per heavy atom. The van der Waals surface area contributed by atoms with Crippen LogP contribution in [0.1, 0.15) is 23.1 Å². The predicted molar refractivity (Wildman–Crippen MR) is 91.0 cm³/mol. The van der Waals surface area contributed by atoms with Gasteiger partial charge in [-0.25, -0.2) is 4.98 Å². The van der Waals surface area contributed by atoms with Gasteiger partial charge in [0.1, 0.15) is 0 Å². The minimum Gasteiger partial charge on any atom is -0.334 e. The van der Waals surface area contributed by atoms with Gasteiger partial charge in [0, 0.05) is 30.8 Å². The van der Waals surface area contributed by atoms with Gasteiger partial charge in [0.15, 0.2) is 5.13 Å². The van der Waals surface area contributed by atoms with Crippen molar-refractivity contribution in [2.24, 2.45) is 0 Å². The van der Waals surface area contributed by atoms with E-state index >= 15 is 0 Å². The molecule has 1 aromatic heterocycles. The summed E-state index contributed by atoms with van der Waals surface area (Å²) in [6.45, 7) is 2.66. The second-order valence-electron chi connectivity index (χ2n) is 5.32. The first-order valence-corrected chi connectivity index (χ1v) is 8.21. The Labute approximate surface area is 138 Å². The van der Waals surface area contributed by atoms with E-state index in [-0.39, 0.29) is 11.8 Å². The van der Waals surface area contributed by atoms with E-state index in [1.165, 1.54) is 18.3 Å². The third kappa shape index (κ3) is 3.84. The molecule has 1 aliphatic rings. The van der Waals surface area contributed by atoms with E-state index in [0.717, 1.165) is 22.6 Å². The Balaban J connectivity index is 1.66. The van der Waals surface area contributed by atoms with Crippen LogP contribution >= 0.6 is 11.3 Å². The van der Waals surface area contributed by atoms with E-state index in [2.05, 4.69) is 10.3 Å². The molecule has 1 N–H and O–H groups in total. The van der Waals surface area contributed by atoms with Gasteiger partial charge in [0.05, 0.1) is 12.2 Å². The first-order chi connectivity index (χ1) is 11.1. The smallest absolute Gasteiger partial charge is 0.246 e. The molecule has 0 saturated carbocycles. The number of amides is 2. The number of anilines is 1. The number of hydrogen-bond donors (Lipinski definition) is 1. The zero-order valence-electron chi connectivity index (χ0n) is 12.8. The van der Waals surface area contributed by atoms with E-state index < -0.39 is 0 Å². The summed E-state index contributed by atoms with van der Waals surface area (Å²) in [5, 5.41) is 3.31. The van der Waals surface area contributed by atoms with Crippen molar-refractivity contribution in [2.75, 3.05) is 11.9 Å². The van der Waals surface area contributed by atoms with E-state index in [9.17, 15) is 9.59 Å². The van der Waals surface area contributed by atoms with Crippen LogP contribution in [0.25, 0.3) is 6.08 Å². The normalized spacial score (nSPS) is 13.9. The number of benzene rings is 1. The summed E-state index contributed by atoms with van der Waals surface area (Å²) in [5.74, 6) is -0.135. The van der Waals surface area contributed by atoms with Gasteiger partial charge in [-0.1, -0.05) is 41.7 Å². The van der Waals surface area contributed by atoms with Gasteiger partial charge in [0.2, 0.25) is 11.8 Å². The van der Waals surface area contributed by atoms with Gasteiger partial charge >= 0.3 is 0 Å². The SMILES string of the molecule is CC(=O)Nc1nc2c(s1)CN(C(=O)/C=C/c1ccccc1)CC2. The molecular weight excluding hydrogens is 310 g/mol. The number of nitrogens with zero attached hydrogens (tertiary/aromatic N) is 2. The van der Waals surface area contributed by atoms with Gasteiger partial charge in [-0.3, -0.25) is 9.59 Å².